The lowest BCUT2D eigenvalue weighted by molar-refractivity contribution is -0.119. The largest absolute Gasteiger partial charge is 0.508 e. The minimum atomic E-state index is -0.800. The molecule has 2 N–H and O–H groups in total. The van der Waals surface area contributed by atoms with Gasteiger partial charge in [-0.25, -0.2) is 8.78 Å². The average molecular weight is 585 g/mol. The maximum absolute atomic E-state index is 16.6. The lowest BCUT2D eigenvalue weighted by atomic mass is 9.95. The molecule has 0 saturated carbocycles. The Hall–Kier alpha value is -4.56. The van der Waals surface area contributed by atoms with Crippen LogP contribution in [0.5, 0.6) is 11.8 Å². The van der Waals surface area contributed by atoms with Crippen molar-refractivity contribution in [2.75, 3.05) is 44.2 Å². The normalized spacial score (nSPS) is 18.4. The third kappa shape index (κ3) is 4.66. The van der Waals surface area contributed by atoms with Gasteiger partial charge >= 0.3 is 6.01 Å². The molecule has 3 saturated heterocycles. The van der Waals surface area contributed by atoms with Crippen molar-refractivity contribution in [3.63, 3.8) is 0 Å². The topological polar surface area (TPSA) is 104 Å². The number of halogens is 2. The van der Waals surface area contributed by atoms with Crippen molar-refractivity contribution in [1.82, 2.24) is 25.2 Å². The Balaban J connectivity index is 1.40. The number of benzene rings is 2. The SMILES string of the molecule is C#Cc1c(F)ccc2cc(O)cc(-c3ncc4c(N5CCCNC(=O)C5)nc(OCC56CCCN5CCC6)nc4c3F)c12. The van der Waals surface area contributed by atoms with Crippen molar-refractivity contribution < 1.29 is 23.4 Å². The first-order chi connectivity index (χ1) is 20.9. The van der Waals surface area contributed by atoms with Crippen molar-refractivity contribution in [2.24, 2.45) is 0 Å². The van der Waals surface area contributed by atoms with Crippen LogP contribution < -0.4 is 15.0 Å². The van der Waals surface area contributed by atoms with Gasteiger partial charge in [0.05, 0.1) is 23.0 Å². The number of carbonyl (C=O) groups excluding carboxylic acids is 1. The van der Waals surface area contributed by atoms with Gasteiger partial charge in [0.15, 0.2) is 5.82 Å². The molecule has 2 aromatic heterocycles. The van der Waals surface area contributed by atoms with E-state index in [4.69, 9.17) is 16.1 Å². The smallest absolute Gasteiger partial charge is 0.319 e. The van der Waals surface area contributed by atoms with E-state index in [0.29, 0.717) is 42.7 Å². The Morgan fingerprint density at radius 1 is 1.12 bits per heavy atom. The molecule has 1 amide bonds. The van der Waals surface area contributed by atoms with Crippen LogP contribution >= 0.6 is 0 Å². The summed E-state index contributed by atoms with van der Waals surface area (Å²) in [4.78, 5) is 30.3. The Morgan fingerprint density at radius 3 is 2.72 bits per heavy atom. The molecule has 3 aliphatic rings. The molecular weight excluding hydrogens is 554 g/mol. The van der Waals surface area contributed by atoms with Gasteiger partial charge in [0.2, 0.25) is 5.91 Å². The van der Waals surface area contributed by atoms with E-state index in [1.54, 1.807) is 4.90 Å². The summed E-state index contributed by atoms with van der Waals surface area (Å²) in [5, 5.41) is 14.3. The highest BCUT2D eigenvalue weighted by Crippen LogP contribution is 2.41. The first-order valence-corrected chi connectivity index (χ1v) is 14.5. The number of amides is 1. The van der Waals surface area contributed by atoms with E-state index in [-0.39, 0.29) is 57.5 Å². The third-order valence-corrected chi connectivity index (χ3v) is 8.94. The molecule has 11 heteroatoms. The Bertz CT molecular complexity index is 1810. The van der Waals surface area contributed by atoms with Gasteiger partial charge in [-0.3, -0.25) is 14.7 Å². The fourth-order valence-electron chi connectivity index (χ4n) is 6.91. The average Bonchev–Trinajstić information content (AvgIpc) is 3.50. The van der Waals surface area contributed by atoms with E-state index in [9.17, 15) is 14.3 Å². The van der Waals surface area contributed by atoms with Crippen molar-refractivity contribution in [3.8, 4) is 35.4 Å². The van der Waals surface area contributed by atoms with E-state index in [0.717, 1.165) is 38.8 Å². The van der Waals surface area contributed by atoms with Gasteiger partial charge in [-0.05, 0) is 68.8 Å². The number of phenolic OH excluding ortho intramolecular Hbond substituents is 1. The van der Waals surface area contributed by atoms with Crippen LogP contribution in [0.1, 0.15) is 37.7 Å². The number of terminal acetylenes is 1. The first kappa shape index (κ1) is 27.3. The van der Waals surface area contributed by atoms with E-state index in [1.807, 2.05) is 0 Å². The molecule has 0 spiro atoms. The molecule has 0 radical (unpaired) electrons. The van der Waals surface area contributed by atoms with Crippen LogP contribution in [-0.2, 0) is 4.79 Å². The van der Waals surface area contributed by atoms with Crippen LogP contribution in [0.25, 0.3) is 32.9 Å². The van der Waals surface area contributed by atoms with Crippen molar-refractivity contribution in [3.05, 3.63) is 47.7 Å². The van der Waals surface area contributed by atoms with Crippen molar-refractivity contribution in [1.29, 1.82) is 0 Å². The first-order valence-electron chi connectivity index (χ1n) is 14.5. The number of nitrogens with zero attached hydrogens (tertiary/aromatic N) is 5. The lowest BCUT2D eigenvalue weighted by Crippen LogP contribution is -2.43. The Morgan fingerprint density at radius 2 is 1.93 bits per heavy atom. The number of aromatic hydroxyl groups is 1. The summed E-state index contributed by atoms with van der Waals surface area (Å²) in [6.07, 6.45) is 12.0. The summed E-state index contributed by atoms with van der Waals surface area (Å²) in [6.45, 7) is 3.49. The van der Waals surface area contributed by atoms with Gasteiger partial charge in [-0.2, -0.15) is 9.97 Å². The number of hydrogen-bond acceptors (Lipinski definition) is 8. The zero-order chi connectivity index (χ0) is 29.7. The van der Waals surface area contributed by atoms with E-state index in [2.05, 4.69) is 26.1 Å². The van der Waals surface area contributed by atoms with Gasteiger partial charge in [-0.15, -0.1) is 6.42 Å². The predicted molar refractivity (Wildman–Crippen MR) is 158 cm³/mol. The summed E-state index contributed by atoms with van der Waals surface area (Å²) < 4.78 is 37.6. The molecule has 0 atom stereocenters. The Labute approximate surface area is 246 Å². The molecule has 43 heavy (non-hydrogen) atoms. The van der Waals surface area contributed by atoms with Crippen molar-refractivity contribution in [2.45, 2.75) is 37.6 Å². The molecule has 9 nitrogen and oxygen atoms in total. The molecule has 2 aromatic carbocycles. The maximum atomic E-state index is 16.6. The van der Waals surface area contributed by atoms with E-state index < -0.39 is 11.6 Å². The van der Waals surface area contributed by atoms with E-state index >= 15 is 4.39 Å². The monoisotopic (exact) mass is 584 g/mol. The number of pyridine rings is 1. The zero-order valence-electron chi connectivity index (χ0n) is 23.5. The second-order valence-corrected chi connectivity index (χ2v) is 11.5. The number of phenols is 1. The van der Waals surface area contributed by atoms with Crippen LogP contribution in [0.2, 0.25) is 0 Å². The number of fused-ring (bicyclic) bond motifs is 3. The van der Waals surface area contributed by atoms with Crippen molar-refractivity contribution >= 4 is 33.4 Å². The molecule has 0 unspecified atom stereocenters. The van der Waals surface area contributed by atoms with Gasteiger partial charge in [0.1, 0.15) is 35.2 Å². The molecule has 4 aromatic rings. The highest BCUT2D eigenvalue weighted by molar-refractivity contribution is 6.03. The maximum Gasteiger partial charge on any atom is 0.319 e. The second-order valence-electron chi connectivity index (χ2n) is 11.5. The van der Waals surface area contributed by atoms with Gasteiger partial charge in [-0.1, -0.05) is 12.0 Å². The lowest BCUT2D eigenvalue weighted by Gasteiger charge is -2.31. The van der Waals surface area contributed by atoms with Gasteiger partial charge < -0.3 is 20.1 Å². The number of carbonyl (C=O) groups is 1. The summed E-state index contributed by atoms with van der Waals surface area (Å²) in [6, 6.07) is 5.43. The van der Waals surface area contributed by atoms with E-state index in [1.165, 1.54) is 30.5 Å². The number of anilines is 1. The summed E-state index contributed by atoms with van der Waals surface area (Å²) in [5.74, 6) is 0.936. The van der Waals surface area contributed by atoms with Crippen LogP contribution in [0.15, 0.2) is 30.5 Å². The fraction of sp³-hybridized carbons (Fsp3) is 0.375. The quantitative estimate of drug-likeness (QED) is 0.338. The number of rotatable bonds is 5. The molecule has 220 valence electrons. The molecule has 3 fully saturated rings. The number of aromatic nitrogens is 3. The Kier molecular flexibility index (Phi) is 6.73. The zero-order valence-corrected chi connectivity index (χ0v) is 23.5. The summed E-state index contributed by atoms with van der Waals surface area (Å²) in [5.41, 5.74) is -0.231. The number of nitrogens with one attached hydrogen (secondary N) is 1. The number of hydrogen-bond donors (Lipinski definition) is 2. The second kappa shape index (κ2) is 10.6. The highest BCUT2D eigenvalue weighted by Gasteiger charge is 2.45. The summed E-state index contributed by atoms with van der Waals surface area (Å²) >= 11 is 0. The van der Waals surface area contributed by atoms with Crippen LogP contribution in [0, 0.1) is 24.0 Å². The number of ether oxygens (including phenoxy) is 1. The molecule has 7 rings (SSSR count). The predicted octanol–water partition coefficient (Wildman–Crippen LogP) is 4.14. The highest BCUT2D eigenvalue weighted by atomic mass is 19.1. The summed E-state index contributed by atoms with van der Waals surface area (Å²) in [7, 11) is 0. The third-order valence-electron chi connectivity index (χ3n) is 8.94. The minimum Gasteiger partial charge on any atom is -0.508 e. The molecule has 0 aliphatic carbocycles. The van der Waals surface area contributed by atoms with Crippen LogP contribution in [0.4, 0.5) is 14.6 Å². The molecular formula is C32H30F2N6O3. The fourth-order valence-corrected chi connectivity index (χ4v) is 6.91. The minimum absolute atomic E-state index is 0.00690. The standard InChI is InChI=1S/C32H30F2N6O3/c1-2-21-24(33)7-6-19-14-20(41)15-22(26(19)21)28-27(34)29-23(16-36-28)30(39-11-5-10-35-25(42)17-39)38-31(37-29)43-18-32-8-3-12-40(32)13-4-9-32/h1,6-7,14-16,41H,3-5,8-13,17-18H2,(H,35,42). The van der Waals surface area contributed by atoms with Gasteiger partial charge in [0, 0.05) is 30.2 Å². The molecule has 3 aliphatic heterocycles. The van der Waals surface area contributed by atoms with Crippen LogP contribution in [-0.4, -0.2) is 75.7 Å². The van der Waals surface area contributed by atoms with Gasteiger partial charge in [0.25, 0.3) is 0 Å². The molecule has 0 bridgehead atoms. The molecule has 5 heterocycles. The van der Waals surface area contributed by atoms with Crippen LogP contribution in [0.3, 0.4) is 0 Å².